The summed E-state index contributed by atoms with van der Waals surface area (Å²) in [5.74, 6) is 0.674. The first kappa shape index (κ1) is 17.6. The summed E-state index contributed by atoms with van der Waals surface area (Å²) in [6.07, 6.45) is 7.90. The lowest BCUT2D eigenvalue weighted by molar-refractivity contribution is 0.568. The number of aromatic nitrogens is 4. The van der Waals surface area contributed by atoms with E-state index >= 15 is 0 Å². The maximum Gasteiger partial charge on any atom is 0.222 e. The Morgan fingerprint density at radius 2 is 1.93 bits per heavy atom. The van der Waals surface area contributed by atoms with Gasteiger partial charge in [-0.2, -0.15) is 4.98 Å². The Labute approximate surface area is 160 Å². The highest BCUT2D eigenvalue weighted by molar-refractivity contribution is 5.73. The number of nitrogens with one attached hydrogen (secondary N) is 1. The predicted octanol–water partition coefficient (Wildman–Crippen LogP) is 4.14. The highest BCUT2D eigenvalue weighted by Crippen LogP contribution is 2.37. The first-order valence-electron chi connectivity index (χ1n) is 8.60. The topological polar surface area (TPSA) is 103 Å². The molecule has 1 unspecified atom stereocenters. The average molecular weight is 376 g/mol. The van der Waals surface area contributed by atoms with Crippen LogP contribution in [-0.2, 0) is 0 Å². The molecule has 0 aliphatic heterocycles. The minimum Gasteiger partial charge on any atom is -0.472 e. The second-order valence-electron chi connectivity index (χ2n) is 6.19. The van der Waals surface area contributed by atoms with E-state index in [1.807, 2.05) is 6.92 Å². The number of nitrogens with two attached hydrogens (primary N) is 1. The van der Waals surface area contributed by atoms with Gasteiger partial charge in [0.15, 0.2) is 0 Å². The molecule has 1 atom stereocenters. The van der Waals surface area contributed by atoms with Crippen molar-refractivity contribution in [2.75, 3.05) is 11.1 Å². The van der Waals surface area contributed by atoms with E-state index in [2.05, 4.69) is 25.3 Å². The first-order chi connectivity index (χ1) is 13.6. The van der Waals surface area contributed by atoms with Crippen LogP contribution >= 0.6 is 0 Å². The van der Waals surface area contributed by atoms with Crippen LogP contribution in [0.3, 0.4) is 0 Å². The Morgan fingerprint density at radius 1 is 1.11 bits per heavy atom. The molecule has 8 heteroatoms. The number of nitrogens with zero attached hydrogens (tertiary/aromatic N) is 4. The van der Waals surface area contributed by atoms with Crippen LogP contribution in [-0.4, -0.2) is 19.9 Å². The molecule has 4 rings (SSSR count). The van der Waals surface area contributed by atoms with Gasteiger partial charge < -0.3 is 15.5 Å². The van der Waals surface area contributed by atoms with Crippen LogP contribution in [0.2, 0.25) is 0 Å². The maximum absolute atomic E-state index is 13.4. The van der Waals surface area contributed by atoms with Gasteiger partial charge in [0.2, 0.25) is 5.95 Å². The van der Waals surface area contributed by atoms with Crippen molar-refractivity contribution in [3.05, 3.63) is 78.4 Å². The summed E-state index contributed by atoms with van der Waals surface area (Å²) >= 11 is 0. The fraction of sp³-hybridized carbons (Fsp3) is 0.100. The molecule has 4 aromatic rings. The number of anilines is 3. The van der Waals surface area contributed by atoms with Crippen LogP contribution in [0.25, 0.3) is 11.3 Å². The van der Waals surface area contributed by atoms with E-state index in [1.54, 1.807) is 49.3 Å². The van der Waals surface area contributed by atoms with Gasteiger partial charge in [-0.1, -0.05) is 19.1 Å². The minimum absolute atomic E-state index is 0.109. The molecule has 0 radical (unpaired) electrons. The fourth-order valence-electron chi connectivity index (χ4n) is 3.01. The lowest BCUT2D eigenvalue weighted by Crippen LogP contribution is -2.11. The van der Waals surface area contributed by atoms with E-state index in [1.165, 1.54) is 12.1 Å². The number of nitrogen functional groups attached to an aromatic ring is 1. The fourth-order valence-corrected chi connectivity index (χ4v) is 3.01. The molecule has 3 aromatic heterocycles. The van der Waals surface area contributed by atoms with Gasteiger partial charge in [0.25, 0.3) is 0 Å². The van der Waals surface area contributed by atoms with Crippen LogP contribution in [0.4, 0.5) is 22.0 Å². The molecule has 0 saturated heterocycles. The molecule has 0 bridgehead atoms. The molecule has 0 fully saturated rings. The van der Waals surface area contributed by atoms with E-state index in [0.29, 0.717) is 17.3 Å². The minimum atomic E-state index is -0.294. The van der Waals surface area contributed by atoms with Gasteiger partial charge in [0.1, 0.15) is 17.5 Å². The molecule has 7 nitrogen and oxygen atoms in total. The molecule has 28 heavy (non-hydrogen) atoms. The van der Waals surface area contributed by atoms with E-state index in [-0.39, 0.29) is 17.7 Å². The maximum atomic E-state index is 13.4. The highest BCUT2D eigenvalue weighted by Gasteiger charge is 2.23. The zero-order chi connectivity index (χ0) is 19.5. The molecule has 3 heterocycles. The van der Waals surface area contributed by atoms with Crippen molar-refractivity contribution < 1.29 is 8.81 Å². The third-order valence-electron chi connectivity index (χ3n) is 4.37. The van der Waals surface area contributed by atoms with Crippen molar-refractivity contribution in [2.45, 2.75) is 12.8 Å². The van der Waals surface area contributed by atoms with Gasteiger partial charge in [-0.05, 0) is 23.8 Å². The van der Waals surface area contributed by atoms with Crippen LogP contribution in [0.15, 0.2) is 65.9 Å². The zero-order valence-corrected chi connectivity index (χ0v) is 15.0. The van der Waals surface area contributed by atoms with Gasteiger partial charge in [0, 0.05) is 29.4 Å². The summed E-state index contributed by atoms with van der Waals surface area (Å²) < 4.78 is 18.6. The molecule has 140 valence electrons. The third kappa shape index (κ3) is 3.52. The number of hydrogen-bond donors (Lipinski definition) is 2. The zero-order valence-electron chi connectivity index (χ0n) is 15.0. The second-order valence-corrected chi connectivity index (χ2v) is 6.19. The van der Waals surface area contributed by atoms with Crippen LogP contribution in [0.1, 0.15) is 24.0 Å². The van der Waals surface area contributed by atoms with Gasteiger partial charge in [-0.3, -0.25) is 4.98 Å². The molecule has 0 aliphatic carbocycles. The van der Waals surface area contributed by atoms with Crippen molar-refractivity contribution in [2.24, 2.45) is 0 Å². The van der Waals surface area contributed by atoms with E-state index in [4.69, 9.17) is 10.2 Å². The summed E-state index contributed by atoms with van der Waals surface area (Å²) in [7, 11) is 0. The van der Waals surface area contributed by atoms with Crippen molar-refractivity contribution in [1.82, 2.24) is 19.9 Å². The first-order valence-corrected chi connectivity index (χ1v) is 8.60. The average Bonchev–Trinajstić information content (AvgIpc) is 3.23. The monoisotopic (exact) mass is 376 g/mol. The number of benzene rings is 1. The summed E-state index contributed by atoms with van der Waals surface area (Å²) in [4.78, 5) is 17.1. The lowest BCUT2D eigenvalue weighted by Gasteiger charge is -2.20. The Kier molecular flexibility index (Phi) is 4.67. The largest absolute Gasteiger partial charge is 0.472 e. The molecular weight excluding hydrogens is 359 g/mol. The molecule has 3 N–H and O–H groups in total. The van der Waals surface area contributed by atoms with Crippen LogP contribution < -0.4 is 11.1 Å². The van der Waals surface area contributed by atoms with Crippen molar-refractivity contribution in [3.63, 3.8) is 0 Å². The van der Waals surface area contributed by atoms with E-state index in [9.17, 15) is 4.39 Å². The van der Waals surface area contributed by atoms with Gasteiger partial charge in [-0.15, -0.1) is 0 Å². The van der Waals surface area contributed by atoms with Gasteiger partial charge >= 0.3 is 0 Å². The SMILES string of the molecule is CC(c1ccc(F)cc1)c1c(Nc2cnccn2)nc(N)nc1-c1ccoc1. The quantitative estimate of drug-likeness (QED) is 0.539. The van der Waals surface area contributed by atoms with Crippen molar-refractivity contribution >= 4 is 17.6 Å². The predicted molar refractivity (Wildman–Crippen MR) is 103 cm³/mol. The summed E-state index contributed by atoms with van der Waals surface area (Å²) in [6, 6.07) is 8.13. The number of halogens is 1. The molecule has 0 spiro atoms. The normalized spacial score (nSPS) is 11.9. The summed E-state index contributed by atoms with van der Waals surface area (Å²) in [6.45, 7) is 1.99. The van der Waals surface area contributed by atoms with Gasteiger partial charge in [-0.25, -0.2) is 14.4 Å². The molecule has 0 aliphatic rings. The molecule has 0 saturated carbocycles. The molecular formula is C20H17FN6O. The lowest BCUT2D eigenvalue weighted by atomic mass is 9.90. The smallest absolute Gasteiger partial charge is 0.222 e. The Morgan fingerprint density at radius 3 is 2.61 bits per heavy atom. The van der Waals surface area contributed by atoms with E-state index < -0.39 is 0 Å². The summed E-state index contributed by atoms with van der Waals surface area (Å²) in [5, 5.41) is 3.17. The Bertz CT molecular complexity index is 1070. The number of furan rings is 1. The molecule has 0 amide bonds. The van der Waals surface area contributed by atoms with Gasteiger partial charge in [0.05, 0.1) is 24.4 Å². The standard InChI is InChI=1S/C20H17FN6O/c1-12(13-2-4-15(21)5-3-13)17-18(14-6-9-28-11-14)26-20(22)27-19(17)25-16-10-23-7-8-24-16/h2-12H,1H3,(H3,22,24,25,26,27). The molecule has 1 aromatic carbocycles. The second kappa shape index (κ2) is 7.43. The van der Waals surface area contributed by atoms with Crippen LogP contribution in [0, 0.1) is 5.82 Å². The number of rotatable bonds is 5. The van der Waals surface area contributed by atoms with E-state index in [0.717, 1.165) is 16.7 Å². The van der Waals surface area contributed by atoms with Crippen molar-refractivity contribution in [1.29, 1.82) is 0 Å². The summed E-state index contributed by atoms with van der Waals surface area (Å²) in [5.41, 5.74) is 9.05. The Hall–Kier alpha value is -3.81. The van der Waals surface area contributed by atoms with Crippen LogP contribution in [0.5, 0.6) is 0 Å². The van der Waals surface area contributed by atoms with Crippen molar-refractivity contribution in [3.8, 4) is 11.3 Å². The third-order valence-corrected chi connectivity index (χ3v) is 4.37. The number of hydrogen-bond acceptors (Lipinski definition) is 7. The Balaban J connectivity index is 1.88. The highest BCUT2D eigenvalue weighted by atomic mass is 19.1.